The van der Waals surface area contributed by atoms with E-state index in [1.54, 1.807) is 13.0 Å². The molecule has 0 aliphatic carbocycles. The smallest absolute Gasteiger partial charge is 0.126 e. The molecule has 2 atom stereocenters. The Balaban J connectivity index is 2.03. The summed E-state index contributed by atoms with van der Waals surface area (Å²) in [5.41, 5.74) is 1.60. The molecule has 17 heavy (non-hydrogen) atoms. The SMILES string of the molecule is Cc1ccc(C2CNC(C(C)C)CO2)cc1F. The van der Waals surface area contributed by atoms with Gasteiger partial charge in [-0.1, -0.05) is 26.0 Å². The lowest BCUT2D eigenvalue weighted by molar-refractivity contribution is -0.00725. The highest BCUT2D eigenvalue weighted by Gasteiger charge is 2.24. The van der Waals surface area contributed by atoms with E-state index in [2.05, 4.69) is 19.2 Å². The third-order valence-corrected chi connectivity index (χ3v) is 3.41. The summed E-state index contributed by atoms with van der Waals surface area (Å²) in [6.45, 7) is 7.57. The molecular weight excluding hydrogens is 217 g/mol. The van der Waals surface area contributed by atoms with Crippen LogP contribution in [0.25, 0.3) is 0 Å². The lowest BCUT2D eigenvalue weighted by Gasteiger charge is -2.32. The van der Waals surface area contributed by atoms with Gasteiger partial charge in [0.1, 0.15) is 5.82 Å². The molecule has 0 spiro atoms. The second kappa shape index (κ2) is 5.15. The quantitative estimate of drug-likeness (QED) is 0.854. The van der Waals surface area contributed by atoms with Crippen molar-refractivity contribution in [1.29, 1.82) is 0 Å². The number of aryl methyl sites for hydroxylation is 1. The molecular formula is C14H20FNO. The summed E-state index contributed by atoms with van der Waals surface area (Å²) in [7, 11) is 0. The van der Waals surface area contributed by atoms with Crippen LogP contribution < -0.4 is 5.32 Å². The first-order valence-corrected chi connectivity index (χ1v) is 6.19. The number of halogens is 1. The molecule has 1 saturated heterocycles. The zero-order valence-corrected chi connectivity index (χ0v) is 10.7. The molecule has 1 aromatic rings. The fraction of sp³-hybridized carbons (Fsp3) is 0.571. The summed E-state index contributed by atoms with van der Waals surface area (Å²) in [5.74, 6) is 0.405. The van der Waals surface area contributed by atoms with Crippen LogP contribution in [0.15, 0.2) is 18.2 Å². The number of hydrogen-bond acceptors (Lipinski definition) is 2. The van der Waals surface area contributed by atoms with Crippen LogP contribution in [0.1, 0.15) is 31.1 Å². The molecule has 3 heteroatoms. The first-order chi connectivity index (χ1) is 8.08. The number of nitrogens with one attached hydrogen (secondary N) is 1. The second-order valence-corrected chi connectivity index (χ2v) is 5.09. The Hall–Kier alpha value is -0.930. The van der Waals surface area contributed by atoms with Gasteiger partial charge in [-0.25, -0.2) is 4.39 Å². The molecule has 0 aromatic heterocycles. The van der Waals surface area contributed by atoms with Crippen LogP contribution in [0, 0.1) is 18.7 Å². The van der Waals surface area contributed by atoms with E-state index in [9.17, 15) is 4.39 Å². The molecule has 1 heterocycles. The maximum atomic E-state index is 13.5. The number of ether oxygens (including phenoxy) is 1. The number of morpholine rings is 1. The average molecular weight is 237 g/mol. The highest BCUT2D eigenvalue weighted by Crippen LogP contribution is 2.23. The van der Waals surface area contributed by atoms with Crippen molar-refractivity contribution in [2.45, 2.75) is 32.9 Å². The van der Waals surface area contributed by atoms with Gasteiger partial charge in [0.05, 0.1) is 12.7 Å². The first-order valence-electron chi connectivity index (χ1n) is 6.19. The fourth-order valence-corrected chi connectivity index (χ4v) is 2.05. The minimum absolute atomic E-state index is 0.0277. The highest BCUT2D eigenvalue weighted by atomic mass is 19.1. The van der Waals surface area contributed by atoms with Crippen LogP contribution in [0.5, 0.6) is 0 Å². The molecule has 1 N–H and O–H groups in total. The van der Waals surface area contributed by atoms with Crippen molar-refractivity contribution in [3.05, 3.63) is 35.1 Å². The van der Waals surface area contributed by atoms with E-state index >= 15 is 0 Å². The summed E-state index contributed by atoms with van der Waals surface area (Å²) >= 11 is 0. The predicted molar refractivity (Wildman–Crippen MR) is 66.5 cm³/mol. The van der Waals surface area contributed by atoms with Gasteiger partial charge in [0.15, 0.2) is 0 Å². The lowest BCUT2D eigenvalue weighted by Crippen LogP contribution is -2.45. The molecule has 0 saturated carbocycles. The van der Waals surface area contributed by atoms with Gasteiger partial charge in [0.2, 0.25) is 0 Å². The summed E-state index contributed by atoms with van der Waals surface area (Å²) in [6.07, 6.45) is -0.0277. The van der Waals surface area contributed by atoms with Crippen LogP contribution in [0.4, 0.5) is 4.39 Å². The van der Waals surface area contributed by atoms with Crippen LogP contribution in [0.2, 0.25) is 0 Å². The molecule has 2 unspecified atom stereocenters. The third-order valence-electron chi connectivity index (χ3n) is 3.41. The Morgan fingerprint density at radius 2 is 2.18 bits per heavy atom. The maximum absolute atomic E-state index is 13.5. The first kappa shape index (κ1) is 12.5. The van der Waals surface area contributed by atoms with Crippen LogP contribution in [-0.4, -0.2) is 19.2 Å². The molecule has 1 aromatic carbocycles. The van der Waals surface area contributed by atoms with Crippen LogP contribution in [-0.2, 0) is 4.74 Å². The minimum Gasteiger partial charge on any atom is -0.371 e. The molecule has 1 aliphatic rings. The lowest BCUT2D eigenvalue weighted by atomic mass is 10.0. The van der Waals surface area contributed by atoms with Gasteiger partial charge >= 0.3 is 0 Å². The van der Waals surface area contributed by atoms with E-state index in [-0.39, 0.29) is 11.9 Å². The van der Waals surface area contributed by atoms with Gasteiger partial charge in [-0.15, -0.1) is 0 Å². The second-order valence-electron chi connectivity index (χ2n) is 5.09. The van der Waals surface area contributed by atoms with Crippen LogP contribution in [0.3, 0.4) is 0 Å². The molecule has 2 nitrogen and oxygen atoms in total. The van der Waals surface area contributed by atoms with Crippen molar-refractivity contribution in [1.82, 2.24) is 5.32 Å². The van der Waals surface area contributed by atoms with Gasteiger partial charge in [-0.2, -0.15) is 0 Å². The third kappa shape index (κ3) is 2.85. The van der Waals surface area contributed by atoms with E-state index in [4.69, 9.17) is 4.74 Å². The summed E-state index contributed by atoms with van der Waals surface area (Å²) < 4.78 is 19.3. The Bertz CT molecular complexity index is 384. The van der Waals surface area contributed by atoms with E-state index in [0.29, 0.717) is 24.1 Å². The van der Waals surface area contributed by atoms with Crippen molar-refractivity contribution in [3.8, 4) is 0 Å². The van der Waals surface area contributed by atoms with Crippen LogP contribution >= 0.6 is 0 Å². The molecule has 0 amide bonds. The van der Waals surface area contributed by atoms with E-state index in [1.807, 2.05) is 12.1 Å². The molecule has 94 valence electrons. The largest absolute Gasteiger partial charge is 0.371 e. The van der Waals surface area contributed by atoms with Crippen molar-refractivity contribution in [3.63, 3.8) is 0 Å². The fourth-order valence-electron chi connectivity index (χ4n) is 2.05. The Morgan fingerprint density at radius 3 is 2.71 bits per heavy atom. The van der Waals surface area contributed by atoms with E-state index in [1.165, 1.54) is 0 Å². The maximum Gasteiger partial charge on any atom is 0.126 e. The van der Waals surface area contributed by atoms with Gasteiger partial charge in [-0.3, -0.25) is 0 Å². The molecule has 0 radical (unpaired) electrons. The Kier molecular flexibility index (Phi) is 3.79. The highest BCUT2D eigenvalue weighted by molar-refractivity contribution is 5.25. The molecule has 1 aliphatic heterocycles. The van der Waals surface area contributed by atoms with Crippen molar-refractivity contribution in [2.24, 2.45) is 5.92 Å². The molecule has 0 bridgehead atoms. The van der Waals surface area contributed by atoms with Gasteiger partial charge in [-0.05, 0) is 30.0 Å². The number of benzene rings is 1. The topological polar surface area (TPSA) is 21.3 Å². The zero-order valence-electron chi connectivity index (χ0n) is 10.7. The van der Waals surface area contributed by atoms with Gasteiger partial charge in [0, 0.05) is 12.6 Å². The van der Waals surface area contributed by atoms with Gasteiger partial charge < -0.3 is 10.1 Å². The summed E-state index contributed by atoms with van der Waals surface area (Å²) in [6, 6.07) is 5.74. The Labute approximate surface area is 102 Å². The monoisotopic (exact) mass is 237 g/mol. The average Bonchev–Trinajstić information content (AvgIpc) is 2.33. The Morgan fingerprint density at radius 1 is 1.41 bits per heavy atom. The minimum atomic E-state index is -0.155. The van der Waals surface area contributed by atoms with Gasteiger partial charge in [0.25, 0.3) is 0 Å². The number of rotatable bonds is 2. The van der Waals surface area contributed by atoms with Crippen molar-refractivity contribution in [2.75, 3.05) is 13.2 Å². The summed E-state index contributed by atoms with van der Waals surface area (Å²) in [5, 5.41) is 3.45. The summed E-state index contributed by atoms with van der Waals surface area (Å²) in [4.78, 5) is 0. The van der Waals surface area contributed by atoms with E-state index in [0.717, 1.165) is 12.1 Å². The number of hydrogen-bond donors (Lipinski definition) is 1. The van der Waals surface area contributed by atoms with Crippen molar-refractivity contribution < 1.29 is 9.13 Å². The normalized spacial score (nSPS) is 25.2. The van der Waals surface area contributed by atoms with E-state index < -0.39 is 0 Å². The predicted octanol–water partition coefficient (Wildman–Crippen LogP) is 2.82. The molecule has 2 rings (SSSR count). The van der Waals surface area contributed by atoms with Crippen molar-refractivity contribution >= 4 is 0 Å². The molecule has 1 fully saturated rings. The standard InChI is InChI=1S/C14H20FNO/c1-9(2)13-8-17-14(7-16-13)11-5-4-10(3)12(15)6-11/h4-6,9,13-14,16H,7-8H2,1-3H3. The zero-order chi connectivity index (χ0) is 12.4.